The van der Waals surface area contributed by atoms with E-state index >= 15 is 0 Å². The summed E-state index contributed by atoms with van der Waals surface area (Å²) in [5, 5.41) is 3.35. The third-order valence-electron chi connectivity index (χ3n) is 1.44. The first-order chi connectivity index (χ1) is 6.51. The van der Waals surface area contributed by atoms with Gasteiger partial charge < -0.3 is 5.84 Å². The largest absolute Gasteiger partial charge is 0.323 e. The van der Waals surface area contributed by atoms with Crippen molar-refractivity contribution >= 4 is 21.9 Å². The number of nitrogens with one attached hydrogen (secondary N) is 1. The van der Waals surface area contributed by atoms with E-state index in [0.717, 1.165) is 11.8 Å². The summed E-state index contributed by atoms with van der Waals surface area (Å²) in [4.78, 5) is 0. The molecule has 0 amide bonds. The van der Waals surface area contributed by atoms with Crippen LogP contribution in [-0.2, 0) is 10.0 Å². The fraction of sp³-hybridized carbons (Fsp3) is 0.125. The smallest absolute Gasteiger partial charge is 0.229 e. The number of benzene rings is 1. The molecule has 1 aromatic carbocycles. The summed E-state index contributed by atoms with van der Waals surface area (Å²) in [6.45, 7) is 0. The van der Waals surface area contributed by atoms with Crippen LogP contribution in [-0.4, -0.2) is 20.9 Å². The summed E-state index contributed by atoms with van der Waals surface area (Å²) in [5.41, 5.74) is 1.33. The molecule has 1 rings (SSSR count). The molecule has 5 nitrogen and oxygen atoms in total. The van der Waals surface area contributed by atoms with E-state index in [1.165, 1.54) is 6.21 Å². The fourth-order valence-corrected chi connectivity index (χ4v) is 1.50. The number of nitrogens with zero attached hydrogens (tertiary/aromatic N) is 1. The maximum atomic E-state index is 10.9. The summed E-state index contributed by atoms with van der Waals surface area (Å²) < 4.78 is 24.1. The number of hydrogen-bond donors (Lipinski definition) is 2. The first kappa shape index (κ1) is 10.5. The molecule has 0 fully saturated rings. The van der Waals surface area contributed by atoms with Crippen molar-refractivity contribution in [2.75, 3.05) is 11.0 Å². The number of hydrazone groups is 1. The van der Waals surface area contributed by atoms with E-state index in [0.29, 0.717) is 5.69 Å². The lowest BCUT2D eigenvalue weighted by Crippen LogP contribution is -2.09. The van der Waals surface area contributed by atoms with Gasteiger partial charge in [0, 0.05) is 5.69 Å². The summed E-state index contributed by atoms with van der Waals surface area (Å²) >= 11 is 0. The van der Waals surface area contributed by atoms with Crippen molar-refractivity contribution in [2.45, 2.75) is 0 Å². The zero-order valence-electron chi connectivity index (χ0n) is 7.64. The van der Waals surface area contributed by atoms with Gasteiger partial charge in [0.2, 0.25) is 10.0 Å². The van der Waals surface area contributed by atoms with Crippen molar-refractivity contribution in [1.29, 1.82) is 0 Å². The van der Waals surface area contributed by atoms with Gasteiger partial charge in [-0.1, -0.05) is 12.1 Å². The van der Waals surface area contributed by atoms with Crippen LogP contribution in [0.15, 0.2) is 29.4 Å². The molecule has 0 aliphatic carbocycles. The first-order valence-corrected chi connectivity index (χ1v) is 5.71. The van der Waals surface area contributed by atoms with Gasteiger partial charge in [-0.2, -0.15) is 5.10 Å². The molecule has 0 aliphatic heterocycles. The van der Waals surface area contributed by atoms with E-state index < -0.39 is 10.0 Å². The summed E-state index contributed by atoms with van der Waals surface area (Å²) in [6, 6.07) is 6.70. The Bertz CT molecular complexity index is 422. The minimum absolute atomic E-state index is 0.515. The number of sulfonamides is 1. The van der Waals surface area contributed by atoms with E-state index in [1.54, 1.807) is 24.3 Å². The van der Waals surface area contributed by atoms with Gasteiger partial charge in [-0.3, -0.25) is 4.72 Å². The Morgan fingerprint density at radius 3 is 2.36 bits per heavy atom. The van der Waals surface area contributed by atoms with Gasteiger partial charge in [0.1, 0.15) is 0 Å². The molecule has 0 aliphatic rings. The van der Waals surface area contributed by atoms with Crippen LogP contribution < -0.4 is 10.6 Å². The Hall–Kier alpha value is -1.56. The summed E-state index contributed by atoms with van der Waals surface area (Å²) in [6.07, 6.45) is 2.58. The van der Waals surface area contributed by atoms with Crippen molar-refractivity contribution in [1.82, 2.24) is 0 Å². The lowest BCUT2D eigenvalue weighted by molar-refractivity contribution is 0.607. The van der Waals surface area contributed by atoms with Crippen molar-refractivity contribution in [3.8, 4) is 0 Å². The second-order valence-electron chi connectivity index (χ2n) is 2.77. The van der Waals surface area contributed by atoms with Gasteiger partial charge in [-0.25, -0.2) is 8.42 Å². The minimum Gasteiger partial charge on any atom is -0.323 e. The molecule has 0 unspecified atom stereocenters. The number of hydrogen-bond acceptors (Lipinski definition) is 4. The highest BCUT2D eigenvalue weighted by Gasteiger charge is 2.00. The van der Waals surface area contributed by atoms with Gasteiger partial charge in [0.25, 0.3) is 0 Å². The Labute approximate surface area is 82.7 Å². The molecule has 0 aromatic heterocycles. The maximum Gasteiger partial charge on any atom is 0.229 e. The molecule has 0 radical (unpaired) electrons. The normalized spacial score (nSPS) is 11.8. The zero-order valence-corrected chi connectivity index (χ0v) is 8.45. The summed E-state index contributed by atoms with van der Waals surface area (Å²) in [5.74, 6) is 4.96. The molecule has 0 spiro atoms. The predicted octanol–water partition coefficient (Wildman–Crippen LogP) is 0.351. The Kier molecular flexibility index (Phi) is 3.08. The molecule has 0 atom stereocenters. The predicted molar refractivity (Wildman–Crippen MR) is 56.7 cm³/mol. The standard InChI is InChI=1S/C8H11N3O2S/c1-14(12,13)11-8-4-2-7(3-5-8)6-10-9/h2-6,11H,9H2,1H3/b10-6+. The molecule has 1 aromatic rings. The number of nitrogens with two attached hydrogens (primary N) is 1. The third-order valence-corrected chi connectivity index (χ3v) is 2.04. The Morgan fingerprint density at radius 1 is 1.36 bits per heavy atom. The average Bonchev–Trinajstić information content (AvgIpc) is 2.06. The minimum atomic E-state index is -3.21. The van der Waals surface area contributed by atoms with Crippen LogP contribution in [0.5, 0.6) is 0 Å². The van der Waals surface area contributed by atoms with Crippen LogP contribution in [0.4, 0.5) is 5.69 Å². The molecule has 76 valence electrons. The van der Waals surface area contributed by atoms with Crippen LogP contribution in [0.2, 0.25) is 0 Å². The highest BCUT2D eigenvalue weighted by molar-refractivity contribution is 7.92. The molecular formula is C8H11N3O2S. The van der Waals surface area contributed by atoms with Crippen molar-refractivity contribution in [3.05, 3.63) is 29.8 Å². The monoisotopic (exact) mass is 213 g/mol. The maximum absolute atomic E-state index is 10.9. The SMILES string of the molecule is CS(=O)(=O)Nc1ccc(/C=N/N)cc1. The molecule has 3 N–H and O–H groups in total. The molecule has 0 saturated carbocycles. The lowest BCUT2D eigenvalue weighted by Gasteiger charge is -2.02. The van der Waals surface area contributed by atoms with Crippen molar-refractivity contribution in [3.63, 3.8) is 0 Å². The van der Waals surface area contributed by atoms with E-state index in [2.05, 4.69) is 9.82 Å². The van der Waals surface area contributed by atoms with E-state index in [-0.39, 0.29) is 0 Å². The van der Waals surface area contributed by atoms with Gasteiger partial charge in [0.05, 0.1) is 12.5 Å². The van der Waals surface area contributed by atoms with E-state index in [1.807, 2.05) is 0 Å². The van der Waals surface area contributed by atoms with Gasteiger partial charge >= 0.3 is 0 Å². The first-order valence-electron chi connectivity index (χ1n) is 3.82. The van der Waals surface area contributed by atoms with Gasteiger partial charge in [-0.05, 0) is 17.7 Å². The van der Waals surface area contributed by atoms with Gasteiger partial charge in [-0.15, -0.1) is 0 Å². The molecule has 6 heteroatoms. The molecular weight excluding hydrogens is 202 g/mol. The topological polar surface area (TPSA) is 84.5 Å². The fourth-order valence-electron chi connectivity index (χ4n) is 0.937. The van der Waals surface area contributed by atoms with E-state index in [4.69, 9.17) is 5.84 Å². The molecule has 0 bridgehead atoms. The Morgan fingerprint density at radius 2 is 1.93 bits per heavy atom. The molecule has 0 saturated heterocycles. The number of rotatable bonds is 3. The zero-order chi connectivity index (χ0) is 10.6. The second kappa shape index (κ2) is 4.10. The molecule has 0 heterocycles. The van der Waals surface area contributed by atoms with Crippen LogP contribution in [0.25, 0.3) is 0 Å². The van der Waals surface area contributed by atoms with Crippen molar-refractivity contribution < 1.29 is 8.42 Å². The van der Waals surface area contributed by atoms with E-state index in [9.17, 15) is 8.42 Å². The lowest BCUT2D eigenvalue weighted by atomic mass is 10.2. The highest BCUT2D eigenvalue weighted by atomic mass is 32.2. The van der Waals surface area contributed by atoms with Crippen LogP contribution in [0, 0.1) is 0 Å². The second-order valence-corrected chi connectivity index (χ2v) is 4.52. The van der Waals surface area contributed by atoms with Crippen LogP contribution >= 0.6 is 0 Å². The van der Waals surface area contributed by atoms with Gasteiger partial charge in [0.15, 0.2) is 0 Å². The average molecular weight is 213 g/mol. The molecule has 14 heavy (non-hydrogen) atoms. The van der Waals surface area contributed by atoms with Crippen LogP contribution in [0.3, 0.4) is 0 Å². The highest BCUT2D eigenvalue weighted by Crippen LogP contribution is 2.09. The summed E-state index contributed by atoms with van der Waals surface area (Å²) in [7, 11) is -3.21. The third kappa shape index (κ3) is 3.44. The van der Waals surface area contributed by atoms with Crippen LogP contribution in [0.1, 0.15) is 5.56 Å². The quantitative estimate of drug-likeness (QED) is 0.431. The number of anilines is 1. The Balaban J connectivity index is 2.84. The van der Waals surface area contributed by atoms with Crippen molar-refractivity contribution in [2.24, 2.45) is 10.9 Å².